The minimum Gasteiger partial charge on any atom is -0.344 e. The monoisotopic (exact) mass is 228 g/mol. The molecule has 0 aliphatic carbocycles. The van der Waals surface area contributed by atoms with Crippen molar-refractivity contribution in [2.24, 2.45) is 0 Å². The number of terminal acetylenes is 1. The summed E-state index contributed by atoms with van der Waals surface area (Å²) in [5, 5.41) is 5.80. The maximum atomic E-state index is 11.3. The third-order valence-corrected chi connectivity index (χ3v) is 2.68. The van der Waals surface area contributed by atoms with Crippen molar-refractivity contribution in [2.75, 3.05) is 25.1 Å². The Morgan fingerprint density at radius 1 is 1.53 bits per heavy atom. The Morgan fingerprint density at radius 3 is 2.87 bits per heavy atom. The van der Waals surface area contributed by atoms with Crippen LogP contribution < -0.4 is 10.6 Å². The van der Waals surface area contributed by atoms with E-state index in [2.05, 4.69) is 22.8 Å². The zero-order chi connectivity index (χ0) is 11.5. The smallest absolute Gasteiger partial charge is 0.237 e. The first-order valence-electron chi connectivity index (χ1n) is 5.16. The Kier molecular flexibility index (Phi) is 9.44. The highest BCUT2D eigenvalue weighted by Crippen LogP contribution is 1.98. The number of rotatable bonds is 8. The zero-order valence-corrected chi connectivity index (χ0v) is 10.3. The maximum Gasteiger partial charge on any atom is 0.237 e. The molecule has 1 atom stereocenters. The Balaban J connectivity index is 3.43. The lowest BCUT2D eigenvalue weighted by Gasteiger charge is -2.12. The number of carbonyl (C=O) groups is 1. The quantitative estimate of drug-likeness (QED) is 0.478. The van der Waals surface area contributed by atoms with Crippen LogP contribution in [0.1, 0.15) is 19.8 Å². The topological polar surface area (TPSA) is 41.1 Å². The standard InChI is InChI=1S/C11H20N2OS/c1-4-7-13-11(14)10(2)12-8-5-6-9-15-3/h1,10,12H,5-9H2,2-3H3,(H,13,14). The Morgan fingerprint density at radius 2 is 2.27 bits per heavy atom. The van der Waals surface area contributed by atoms with Gasteiger partial charge in [-0.1, -0.05) is 5.92 Å². The summed E-state index contributed by atoms with van der Waals surface area (Å²) in [7, 11) is 0. The highest BCUT2D eigenvalue weighted by Gasteiger charge is 2.09. The molecular weight excluding hydrogens is 208 g/mol. The van der Waals surface area contributed by atoms with Gasteiger partial charge in [0.25, 0.3) is 0 Å². The van der Waals surface area contributed by atoms with Gasteiger partial charge in [-0.3, -0.25) is 4.79 Å². The van der Waals surface area contributed by atoms with Crippen LogP contribution in [0.25, 0.3) is 0 Å². The number of hydrogen-bond donors (Lipinski definition) is 2. The largest absolute Gasteiger partial charge is 0.344 e. The van der Waals surface area contributed by atoms with Gasteiger partial charge in [0.15, 0.2) is 0 Å². The number of nitrogens with one attached hydrogen (secondary N) is 2. The molecule has 86 valence electrons. The van der Waals surface area contributed by atoms with Crippen LogP contribution in [0.5, 0.6) is 0 Å². The van der Waals surface area contributed by atoms with Gasteiger partial charge in [-0.2, -0.15) is 11.8 Å². The predicted molar refractivity (Wildman–Crippen MR) is 66.9 cm³/mol. The fraction of sp³-hybridized carbons (Fsp3) is 0.727. The van der Waals surface area contributed by atoms with E-state index in [0.717, 1.165) is 13.0 Å². The highest BCUT2D eigenvalue weighted by molar-refractivity contribution is 7.98. The van der Waals surface area contributed by atoms with E-state index in [0.29, 0.717) is 6.54 Å². The van der Waals surface area contributed by atoms with Crippen molar-refractivity contribution in [3.8, 4) is 12.3 Å². The first-order chi connectivity index (χ1) is 7.22. The van der Waals surface area contributed by atoms with Crippen molar-refractivity contribution in [3.05, 3.63) is 0 Å². The van der Waals surface area contributed by atoms with E-state index >= 15 is 0 Å². The lowest BCUT2D eigenvalue weighted by molar-refractivity contribution is -0.122. The third-order valence-electron chi connectivity index (χ3n) is 1.98. The van der Waals surface area contributed by atoms with Crippen LogP contribution in [0.3, 0.4) is 0 Å². The van der Waals surface area contributed by atoms with Gasteiger partial charge in [0.1, 0.15) is 0 Å². The Hall–Kier alpha value is -0.660. The second-order valence-corrected chi connectivity index (χ2v) is 4.28. The van der Waals surface area contributed by atoms with Gasteiger partial charge in [-0.15, -0.1) is 6.42 Å². The molecule has 15 heavy (non-hydrogen) atoms. The summed E-state index contributed by atoms with van der Waals surface area (Å²) in [6.07, 6.45) is 9.44. The summed E-state index contributed by atoms with van der Waals surface area (Å²) in [4.78, 5) is 11.3. The fourth-order valence-corrected chi connectivity index (χ4v) is 1.57. The van der Waals surface area contributed by atoms with Crippen molar-refractivity contribution >= 4 is 17.7 Å². The molecule has 0 aliphatic rings. The van der Waals surface area contributed by atoms with Crippen LogP contribution >= 0.6 is 11.8 Å². The number of hydrogen-bond acceptors (Lipinski definition) is 3. The fourth-order valence-electron chi connectivity index (χ4n) is 1.07. The van der Waals surface area contributed by atoms with Gasteiger partial charge >= 0.3 is 0 Å². The first kappa shape index (κ1) is 14.3. The van der Waals surface area contributed by atoms with Crippen LogP contribution in [0.2, 0.25) is 0 Å². The molecule has 2 N–H and O–H groups in total. The number of carbonyl (C=O) groups excluding carboxylic acids is 1. The zero-order valence-electron chi connectivity index (χ0n) is 9.51. The first-order valence-corrected chi connectivity index (χ1v) is 6.55. The Labute approximate surface area is 96.8 Å². The van der Waals surface area contributed by atoms with E-state index in [1.807, 2.05) is 18.7 Å². The molecule has 0 aromatic rings. The van der Waals surface area contributed by atoms with Crippen molar-refractivity contribution in [1.29, 1.82) is 0 Å². The molecule has 0 aliphatic heterocycles. The minimum absolute atomic E-state index is 0.0298. The van der Waals surface area contributed by atoms with Gasteiger partial charge in [-0.05, 0) is 38.3 Å². The lowest BCUT2D eigenvalue weighted by atomic mass is 10.2. The molecule has 1 amide bonds. The molecule has 0 spiro atoms. The molecule has 0 aromatic carbocycles. The van der Waals surface area contributed by atoms with Crippen molar-refractivity contribution in [1.82, 2.24) is 10.6 Å². The van der Waals surface area contributed by atoms with Crippen LogP contribution in [0, 0.1) is 12.3 Å². The van der Waals surface area contributed by atoms with Crippen molar-refractivity contribution < 1.29 is 4.79 Å². The third kappa shape index (κ3) is 8.34. The summed E-state index contributed by atoms with van der Waals surface area (Å²) in [6.45, 7) is 3.03. The van der Waals surface area contributed by atoms with E-state index in [-0.39, 0.29) is 11.9 Å². The maximum absolute atomic E-state index is 11.3. The summed E-state index contributed by atoms with van der Waals surface area (Å²) in [5.41, 5.74) is 0. The molecule has 0 rings (SSSR count). The normalized spacial score (nSPS) is 11.8. The van der Waals surface area contributed by atoms with Crippen LogP contribution in [0.4, 0.5) is 0 Å². The van der Waals surface area contributed by atoms with Gasteiger partial charge in [0, 0.05) is 0 Å². The molecule has 4 heteroatoms. The lowest BCUT2D eigenvalue weighted by Crippen LogP contribution is -2.42. The molecule has 1 unspecified atom stereocenters. The summed E-state index contributed by atoms with van der Waals surface area (Å²) in [6, 6.07) is -0.160. The molecule has 3 nitrogen and oxygen atoms in total. The van der Waals surface area contributed by atoms with Crippen molar-refractivity contribution in [3.63, 3.8) is 0 Å². The van der Waals surface area contributed by atoms with E-state index < -0.39 is 0 Å². The van der Waals surface area contributed by atoms with E-state index in [1.165, 1.54) is 12.2 Å². The average molecular weight is 228 g/mol. The van der Waals surface area contributed by atoms with Crippen molar-refractivity contribution in [2.45, 2.75) is 25.8 Å². The minimum atomic E-state index is -0.160. The molecule has 0 bridgehead atoms. The molecule has 0 saturated carbocycles. The SMILES string of the molecule is C#CCNC(=O)C(C)NCCCCSC. The average Bonchev–Trinajstić information content (AvgIpc) is 2.25. The van der Waals surface area contributed by atoms with E-state index in [1.54, 1.807) is 0 Å². The number of amides is 1. The van der Waals surface area contributed by atoms with E-state index in [9.17, 15) is 4.79 Å². The summed E-state index contributed by atoms with van der Waals surface area (Å²) >= 11 is 1.85. The van der Waals surface area contributed by atoms with E-state index in [4.69, 9.17) is 6.42 Å². The van der Waals surface area contributed by atoms with Gasteiger partial charge in [0.2, 0.25) is 5.91 Å². The molecule has 0 heterocycles. The molecule has 0 aromatic heterocycles. The summed E-state index contributed by atoms with van der Waals surface area (Å²) < 4.78 is 0. The van der Waals surface area contributed by atoms with Crippen LogP contribution in [0.15, 0.2) is 0 Å². The second-order valence-electron chi connectivity index (χ2n) is 3.30. The van der Waals surface area contributed by atoms with Crippen LogP contribution in [-0.4, -0.2) is 37.0 Å². The van der Waals surface area contributed by atoms with Gasteiger partial charge in [-0.25, -0.2) is 0 Å². The molecular formula is C11H20N2OS. The Bertz CT molecular complexity index is 213. The van der Waals surface area contributed by atoms with Gasteiger partial charge in [0.05, 0.1) is 12.6 Å². The predicted octanol–water partition coefficient (Wildman–Crippen LogP) is 0.857. The molecule has 0 fully saturated rings. The second kappa shape index (κ2) is 9.88. The van der Waals surface area contributed by atoms with Gasteiger partial charge < -0.3 is 10.6 Å². The van der Waals surface area contributed by atoms with Crippen LogP contribution in [-0.2, 0) is 4.79 Å². The molecule has 0 radical (unpaired) electrons. The summed E-state index contributed by atoms with van der Waals surface area (Å²) in [5.74, 6) is 3.53. The number of thioether (sulfide) groups is 1. The highest BCUT2D eigenvalue weighted by atomic mass is 32.2. The molecule has 0 saturated heterocycles. The number of unbranched alkanes of at least 4 members (excludes halogenated alkanes) is 1.